The fraction of sp³-hybridized carbons (Fsp3) is 0.406. The molecular weight excluding hydrogens is 510 g/mol. The zero-order valence-electron chi connectivity index (χ0n) is 22.5. The Balaban J connectivity index is 1.53. The van der Waals surface area contributed by atoms with Gasteiger partial charge in [-0.3, -0.25) is 28.9 Å². The number of carboxylic acids is 1. The van der Waals surface area contributed by atoms with Crippen LogP contribution >= 0.6 is 0 Å². The monoisotopic (exact) mass is 543 g/mol. The van der Waals surface area contributed by atoms with Gasteiger partial charge in [0.15, 0.2) is 11.6 Å². The van der Waals surface area contributed by atoms with Crippen LogP contribution in [0.2, 0.25) is 0 Å². The lowest BCUT2D eigenvalue weighted by Crippen LogP contribution is -2.40. The second-order valence-electron chi connectivity index (χ2n) is 11.1. The summed E-state index contributed by atoms with van der Waals surface area (Å²) in [5, 5.41) is 20.1. The van der Waals surface area contributed by atoms with Gasteiger partial charge in [-0.25, -0.2) is 0 Å². The Hall–Kier alpha value is -4.07. The van der Waals surface area contributed by atoms with Gasteiger partial charge in [0.05, 0.1) is 11.8 Å². The van der Waals surface area contributed by atoms with Crippen molar-refractivity contribution in [2.24, 2.45) is 17.8 Å². The second kappa shape index (κ2) is 10.8. The van der Waals surface area contributed by atoms with E-state index in [-0.39, 0.29) is 48.5 Å². The van der Waals surface area contributed by atoms with E-state index in [9.17, 15) is 29.1 Å². The van der Waals surface area contributed by atoms with Crippen LogP contribution < -0.4 is 0 Å². The van der Waals surface area contributed by atoms with Crippen LogP contribution in [0.25, 0.3) is 0 Å². The number of amides is 2. The molecule has 2 N–H and O–H groups in total. The van der Waals surface area contributed by atoms with Crippen molar-refractivity contribution in [3.8, 4) is 5.75 Å². The zero-order valence-corrected chi connectivity index (χ0v) is 22.5. The summed E-state index contributed by atoms with van der Waals surface area (Å²) in [5.74, 6) is -4.24. The van der Waals surface area contributed by atoms with E-state index in [1.165, 1.54) is 11.0 Å². The van der Waals surface area contributed by atoms with Crippen LogP contribution in [0.15, 0.2) is 65.3 Å². The predicted octanol–water partition coefficient (Wildman–Crippen LogP) is 4.20. The molecule has 1 saturated heterocycles. The molecule has 0 radical (unpaired) electrons. The number of allylic oxidation sites excluding steroid dienone is 7. The van der Waals surface area contributed by atoms with Gasteiger partial charge in [-0.05, 0) is 56.6 Å². The van der Waals surface area contributed by atoms with Gasteiger partial charge >= 0.3 is 5.97 Å². The molecule has 0 aromatic heterocycles. The molecule has 3 aliphatic carbocycles. The van der Waals surface area contributed by atoms with Crippen LogP contribution in [0.3, 0.4) is 0 Å². The van der Waals surface area contributed by atoms with E-state index in [1.54, 1.807) is 31.2 Å². The highest BCUT2D eigenvalue weighted by Gasteiger charge is 2.56. The third-order valence-electron chi connectivity index (χ3n) is 8.75. The number of aliphatic carboxylic acids is 1. The number of rotatable bonds is 9. The summed E-state index contributed by atoms with van der Waals surface area (Å²) in [5.41, 5.74) is 2.98. The van der Waals surface area contributed by atoms with E-state index in [1.807, 2.05) is 6.08 Å². The summed E-state index contributed by atoms with van der Waals surface area (Å²) in [4.78, 5) is 66.0. The Morgan fingerprint density at radius 1 is 1.10 bits per heavy atom. The third kappa shape index (κ3) is 4.55. The number of fused-ring (bicyclic) bond motifs is 3. The van der Waals surface area contributed by atoms with Gasteiger partial charge in [-0.1, -0.05) is 42.3 Å². The van der Waals surface area contributed by atoms with E-state index in [4.69, 9.17) is 5.11 Å². The fourth-order valence-corrected chi connectivity index (χ4v) is 6.91. The van der Waals surface area contributed by atoms with Crippen LogP contribution in [-0.4, -0.2) is 51.0 Å². The summed E-state index contributed by atoms with van der Waals surface area (Å²) in [6, 6.07) is 5.34. The molecule has 8 heteroatoms. The summed E-state index contributed by atoms with van der Waals surface area (Å²) in [7, 11) is 0. The number of Topliss-reactive ketones (excluding diaryl/α,β-unsaturated/α-hetero) is 1. The van der Waals surface area contributed by atoms with Crippen molar-refractivity contribution in [2.75, 3.05) is 6.54 Å². The van der Waals surface area contributed by atoms with E-state index in [0.29, 0.717) is 60.0 Å². The molecule has 1 fully saturated rings. The maximum atomic E-state index is 13.7. The van der Waals surface area contributed by atoms with Crippen LogP contribution in [0.1, 0.15) is 62.5 Å². The number of benzene rings is 1. The minimum atomic E-state index is -0.875. The normalized spacial score (nSPS) is 25.8. The molecular formula is C32H33NO7. The number of phenolic OH excluding ortho intramolecular Hbond substituents is 1. The fourth-order valence-electron chi connectivity index (χ4n) is 6.91. The van der Waals surface area contributed by atoms with E-state index < -0.39 is 29.6 Å². The maximum absolute atomic E-state index is 13.7. The van der Waals surface area contributed by atoms with E-state index in [2.05, 4.69) is 6.58 Å². The number of phenols is 1. The minimum absolute atomic E-state index is 0.0336. The average Bonchev–Trinajstić information content (AvgIpc) is 3.16. The van der Waals surface area contributed by atoms with E-state index in [0.717, 1.165) is 5.57 Å². The first-order valence-electron chi connectivity index (χ1n) is 13.8. The van der Waals surface area contributed by atoms with E-state index >= 15 is 0 Å². The SMILES string of the molecule is C=CCc1cccc(C2C3=CCC4C(=O)N(CCCCCC(=O)O)C(=O)C4C3CC3=C2C(=O)C=C(C)C3=O)c1O. The number of carbonyl (C=O) groups excluding carboxylic acids is 4. The van der Waals surface area contributed by atoms with Crippen LogP contribution in [0.4, 0.5) is 0 Å². The number of carboxylic acid groups (broad SMARTS) is 1. The number of imide groups is 1. The number of carbonyl (C=O) groups is 5. The molecule has 4 unspecified atom stereocenters. The highest BCUT2D eigenvalue weighted by atomic mass is 16.4. The Labute approximate surface area is 232 Å². The summed E-state index contributed by atoms with van der Waals surface area (Å²) in [6.07, 6.45) is 7.54. The first-order chi connectivity index (χ1) is 19.1. The number of para-hydroxylation sites is 1. The van der Waals surface area contributed by atoms with Gasteiger partial charge in [0.1, 0.15) is 5.75 Å². The van der Waals surface area contributed by atoms with Gasteiger partial charge in [-0.2, -0.15) is 0 Å². The number of hydrogen-bond donors (Lipinski definition) is 2. The summed E-state index contributed by atoms with van der Waals surface area (Å²) in [6.45, 7) is 5.59. The first-order valence-corrected chi connectivity index (χ1v) is 13.8. The molecule has 0 spiro atoms. The number of likely N-dealkylation sites (tertiary alicyclic amines) is 1. The highest BCUT2D eigenvalue weighted by molar-refractivity contribution is 6.23. The first kappa shape index (κ1) is 27.5. The molecule has 1 heterocycles. The van der Waals surface area contributed by atoms with Crippen molar-refractivity contribution in [1.29, 1.82) is 0 Å². The smallest absolute Gasteiger partial charge is 0.303 e. The lowest BCUT2D eigenvalue weighted by molar-refractivity contribution is -0.141. The van der Waals surface area contributed by atoms with Gasteiger partial charge in [0.25, 0.3) is 0 Å². The summed E-state index contributed by atoms with van der Waals surface area (Å²) < 4.78 is 0. The molecule has 208 valence electrons. The molecule has 5 rings (SSSR count). The Morgan fingerprint density at radius 2 is 1.88 bits per heavy atom. The van der Waals surface area contributed by atoms with Gasteiger partial charge < -0.3 is 10.2 Å². The van der Waals surface area contributed by atoms with Gasteiger partial charge in [0, 0.05) is 41.2 Å². The standard InChI is InChI=1S/C32H33NO7/c1-3-8-18-9-7-10-20(30(18)38)26-19-12-13-21-27(22(19)16-23-28(26)24(34)15-17(2)29(23)37)32(40)33(31(21)39)14-6-4-5-11-25(35)36/h3,7,9-10,12,15,21-22,26-27,38H,1,4-6,8,11,13-14,16H2,2H3,(H,35,36). The molecule has 2 amide bonds. The lowest BCUT2D eigenvalue weighted by atomic mass is 9.59. The number of unbranched alkanes of at least 4 members (excludes halogenated alkanes) is 2. The van der Waals surface area contributed by atoms with Crippen molar-refractivity contribution >= 4 is 29.4 Å². The third-order valence-corrected chi connectivity index (χ3v) is 8.75. The quantitative estimate of drug-likeness (QED) is 0.207. The molecule has 1 aromatic rings. The molecule has 4 aliphatic rings. The Kier molecular flexibility index (Phi) is 7.45. The number of aromatic hydroxyl groups is 1. The van der Waals surface area contributed by atoms with Crippen molar-refractivity contribution in [3.63, 3.8) is 0 Å². The number of ketones is 2. The largest absolute Gasteiger partial charge is 0.507 e. The van der Waals surface area contributed by atoms with Crippen LogP contribution in [-0.2, 0) is 30.4 Å². The molecule has 1 aromatic carbocycles. The predicted molar refractivity (Wildman–Crippen MR) is 146 cm³/mol. The van der Waals surface area contributed by atoms with Crippen LogP contribution in [0, 0.1) is 17.8 Å². The Morgan fingerprint density at radius 3 is 2.60 bits per heavy atom. The summed E-state index contributed by atoms with van der Waals surface area (Å²) >= 11 is 0. The highest BCUT2D eigenvalue weighted by Crippen LogP contribution is 2.56. The van der Waals surface area contributed by atoms with Gasteiger partial charge in [0.2, 0.25) is 11.8 Å². The number of hydrogen-bond acceptors (Lipinski definition) is 6. The van der Waals surface area contributed by atoms with Crippen LogP contribution in [0.5, 0.6) is 5.75 Å². The molecule has 0 bridgehead atoms. The molecule has 1 aliphatic heterocycles. The molecule has 8 nitrogen and oxygen atoms in total. The zero-order chi connectivity index (χ0) is 28.7. The van der Waals surface area contributed by atoms with Crippen molar-refractivity contribution in [1.82, 2.24) is 4.90 Å². The minimum Gasteiger partial charge on any atom is -0.507 e. The van der Waals surface area contributed by atoms with Crippen molar-refractivity contribution < 1.29 is 34.2 Å². The average molecular weight is 544 g/mol. The number of nitrogens with zero attached hydrogens (tertiary/aromatic N) is 1. The lowest BCUT2D eigenvalue weighted by Gasteiger charge is -2.42. The Bertz CT molecular complexity index is 1430. The van der Waals surface area contributed by atoms with Crippen molar-refractivity contribution in [2.45, 2.75) is 57.8 Å². The maximum Gasteiger partial charge on any atom is 0.303 e. The molecule has 0 saturated carbocycles. The topological polar surface area (TPSA) is 129 Å². The van der Waals surface area contributed by atoms with Gasteiger partial charge in [-0.15, -0.1) is 6.58 Å². The molecule has 40 heavy (non-hydrogen) atoms. The second-order valence-corrected chi connectivity index (χ2v) is 11.1. The van der Waals surface area contributed by atoms with Crippen molar-refractivity contribution in [3.05, 3.63) is 76.4 Å². The molecule has 4 atom stereocenters.